The van der Waals surface area contributed by atoms with E-state index >= 15 is 0 Å². The molecular formula is C21H21FSi. The number of halogens is 1. The van der Waals surface area contributed by atoms with Gasteiger partial charge in [0.2, 0.25) is 0 Å². The third-order valence-electron chi connectivity index (χ3n) is 4.62. The first kappa shape index (κ1) is 15.7. The van der Waals surface area contributed by atoms with Crippen molar-refractivity contribution in [3.05, 3.63) is 95.8 Å². The highest BCUT2D eigenvalue weighted by molar-refractivity contribution is 6.86. The number of benzene rings is 3. The summed E-state index contributed by atoms with van der Waals surface area (Å²) >= 11 is 0. The SMILES string of the molecule is Cc1c(F)cccc1C(C)[SiH](c1ccccc1)c1ccccc1. The molecule has 0 amide bonds. The van der Waals surface area contributed by atoms with Crippen molar-refractivity contribution in [1.82, 2.24) is 0 Å². The Hall–Kier alpha value is -2.19. The first-order valence-corrected chi connectivity index (χ1v) is 9.85. The van der Waals surface area contributed by atoms with Crippen molar-refractivity contribution < 1.29 is 4.39 Å². The van der Waals surface area contributed by atoms with Crippen LogP contribution in [0.1, 0.15) is 23.6 Å². The second kappa shape index (κ2) is 6.92. The van der Waals surface area contributed by atoms with Crippen molar-refractivity contribution in [1.29, 1.82) is 0 Å². The molecule has 3 rings (SSSR count). The molecule has 1 atom stereocenters. The van der Waals surface area contributed by atoms with Gasteiger partial charge >= 0.3 is 0 Å². The van der Waals surface area contributed by atoms with Crippen molar-refractivity contribution >= 4 is 19.2 Å². The molecule has 3 aromatic rings. The fraction of sp³-hybridized carbons (Fsp3) is 0.143. The standard InChI is InChI=1S/C21H21FSi/c1-16-20(14-9-15-21(16)22)17(2)23(18-10-5-3-6-11-18)19-12-7-4-8-13-19/h3-15,17,23H,1-2H3. The van der Waals surface area contributed by atoms with E-state index in [0.717, 1.165) is 11.1 Å². The van der Waals surface area contributed by atoms with Crippen LogP contribution in [-0.4, -0.2) is 8.80 Å². The Morgan fingerprint density at radius 3 is 1.78 bits per heavy atom. The van der Waals surface area contributed by atoms with Crippen LogP contribution in [0.2, 0.25) is 0 Å². The quantitative estimate of drug-likeness (QED) is 0.641. The van der Waals surface area contributed by atoms with Gasteiger partial charge in [-0.25, -0.2) is 4.39 Å². The van der Waals surface area contributed by atoms with Crippen LogP contribution in [0.4, 0.5) is 4.39 Å². The van der Waals surface area contributed by atoms with Crippen LogP contribution in [0.3, 0.4) is 0 Å². The minimum absolute atomic E-state index is 0.108. The van der Waals surface area contributed by atoms with Crippen LogP contribution in [0.5, 0.6) is 0 Å². The lowest BCUT2D eigenvalue weighted by atomic mass is 10.1. The minimum Gasteiger partial charge on any atom is -0.207 e. The van der Waals surface area contributed by atoms with E-state index in [4.69, 9.17) is 0 Å². The molecule has 0 aliphatic carbocycles. The molecule has 0 aliphatic heterocycles. The van der Waals surface area contributed by atoms with Crippen LogP contribution in [0, 0.1) is 12.7 Å². The maximum Gasteiger partial charge on any atom is 0.126 e. The second-order valence-electron chi connectivity index (χ2n) is 6.04. The maximum absolute atomic E-state index is 14.0. The Balaban J connectivity index is 2.10. The summed E-state index contributed by atoms with van der Waals surface area (Å²) in [6.45, 7) is 4.14. The molecule has 0 radical (unpaired) electrons. The Morgan fingerprint density at radius 2 is 1.26 bits per heavy atom. The summed E-state index contributed by atoms with van der Waals surface area (Å²) in [7, 11) is -1.49. The van der Waals surface area contributed by atoms with Crippen LogP contribution >= 0.6 is 0 Å². The molecule has 0 saturated heterocycles. The van der Waals surface area contributed by atoms with Gasteiger partial charge < -0.3 is 0 Å². The Bertz CT molecular complexity index is 729. The van der Waals surface area contributed by atoms with Crippen LogP contribution in [0.15, 0.2) is 78.9 Å². The summed E-state index contributed by atoms with van der Waals surface area (Å²) in [5.74, 6) is -0.108. The first-order chi connectivity index (χ1) is 11.2. The summed E-state index contributed by atoms with van der Waals surface area (Å²) in [5.41, 5.74) is 2.24. The zero-order chi connectivity index (χ0) is 16.2. The van der Waals surface area contributed by atoms with Crippen molar-refractivity contribution in [3.63, 3.8) is 0 Å². The molecule has 0 saturated carbocycles. The lowest BCUT2D eigenvalue weighted by molar-refractivity contribution is 0.615. The third kappa shape index (κ3) is 3.27. The van der Waals surface area contributed by atoms with Gasteiger partial charge in [0.05, 0.1) is 0 Å². The molecule has 0 N–H and O–H groups in total. The zero-order valence-electron chi connectivity index (χ0n) is 13.5. The molecule has 116 valence electrons. The van der Waals surface area contributed by atoms with E-state index in [-0.39, 0.29) is 5.82 Å². The van der Waals surface area contributed by atoms with Crippen molar-refractivity contribution in [2.75, 3.05) is 0 Å². The van der Waals surface area contributed by atoms with E-state index in [1.165, 1.54) is 10.4 Å². The maximum atomic E-state index is 14.0. The van der Waals surface area contributed by atoms with E-state index in [9.17, 15) is 4.39 Å². The summed E-state index contributed by atoms with van der Waals surface area (Å²) in [6.07, 6.45) is 0. The van der Waals surface area contributed by atoms with E-state index in [2.05, 4.69) is 73.7 Å². The van der Waals surface area contributed by atoms with Crippen molar-refractivity contribution in [2.24, 2.45) is 0 Å². The van der Waals surface area contributed by atoms with Gasteiger partial charge in [0.15, 0.2) is 0 Å². The van der Waals surface area contributed by atoms with E-state index < -0.39 is 8.80 Å². The molecule has 23 heavy (non-hydrogen) atoms. The fourth-order valence-electron chi connectivity index (χ4n) is 3.39. The highest BCUT2D eigenvalue weighted by Gasteiger charge is 2.26. The number of rotatable bonds is 4. The summed E-state index contributed by atoms with van der Waals surface area (Å²) in [5, 5.41) is 2.80. The normalized spacial score (nSPS) is 12.3. The first-order valence-electron chi connectivity index (χ1n) is 8.03. The van der Waals surface area contributed by atoms with Gasteiger partial charge in [-0.2, -0.15) is 0 Å². The molecule has 2 heteroatoms. The monoisotopic (exact) mass is 320 g/mol. The summed E-state index contributed by atoms with van der Waals surface area (Å²) in [6, 6.07) is 26.8. The molecule has 3 aromatic carbocycles. The van der Waals surface area contributed by atoms with Crippen molar-refractivity contribution in [3.8, 4) is 0 Å². The fourth-order valence-corrected chi connectivity index (χ4v) is 6.92. The van der Waals surface area contributed by atoms with E-state index in [0.29, 0.717) is 5.54 Å². The highest BCUT2D eigenvalue weighted by Crippen LogP contribution is 2.24. The zero-order valence-corrected chi connectivity index (χ0v) is 14.7. The lowest BCUT2D eigenvalue weighted by Gasteiger charge is -2.25. The van der Waals surface area contributed by atoms with Gasteiger partial charge in [-0.3, -0.25) is 0 Å². The van der Waals surface area contributed by atoms with E-state index in [1.54, 1.807) is 6.07 Å². The Kier molecular flexibility index (Phi) is 4.72. The smallest absolute Gasteiger partial charge is 0.126 e. The van der Waals surface area contributed by atoms with E-state index in [1.807, 2.05) is 13.0 Å². The molecule has 1 unspecified atom stereocenters. The van der Waals surface area contributed by atoms with Gasteiger partial charge in [-0.05, 0) is 29.7 Å². The van der Waals surface area contributed by atoms with Gasteiger partial charge in [0.25, 0.3) is 0 Å². The molecule has 0 aliphatic rings. The van der Waals surface area contributed by atoms with Gasteiger partial charge in [0, 0.05) is 0 Å². The molecule has 0 heterocycles. The molecule has 0 aromatic heterocycles. The summed E-state index contributed by atoms with van der Waals surface area (Å²) in [4.78, 5) is 0. The van der Waals surface area contributed by atoms with Crippen LogP contribution < -0.4 is 10.4 Å². The predicted molar refractivity (Wildman–Crippen MR) is 98.9 cm³/mol. The summed E-state index contributed by atoms with van der Waals surface area (Å²) < 4.78 is 14.0. The second-order valence-corrected chi connectivity index (χ2v) is 9.33. The third-order valence-corrected chi connectivity index (χ3v) is 8.18. The molecule has 0 nitrogen and oxygen atoms in total. The molecular weight excluding hydrogens is 299 g/mol. The van der Waals surface area contributed by atoms with Gasteiger partial charge in [-0.1, -0.05) is 90.1 Å². The average molecular weight is 320 g/mol. The molecule has 0 fully saturated rings. The van der Waals surface area contributed by atoms with Crippen LogP contribution in [0.25, 0.3) is 0 Å². The highest BCUT2D eigenvalue weighted by atomic mass is 28.3. The predicted octanol–water partition coefficient (Wildman–Crippen LogP) is 3.82. The lowest BCUT2D eigenvalue weighted by Crippen LogP contribution is -2.46. The number of hydrogen-bond acceptors (Lipinski definition) is 0. The molecule has 0 bridgehead atoms. The largest absolute Gasteiger partial charge is 0.207 e. The van der Waals surface area contributed by atoms with Gasteiger partial charge in [-0.15, -0.1) is 0 Å². The minimum atomic E-state index is -1.49. The van der Waals surface area contributed by atoms with Crippen molar-refractivity contribution in [2.45, 2.75) is 19.4 Å². The molecule has 0 spiro atoms. The number of hydrogen-bond donors (Lipinski definition) is 0. The average Bonchev–Trinajstić information content (AvgIpc) is 2.59. The van der Waals surface area contributed by atoms with Crippen LogP contribution in [-0.2, 0) is 0 Å². The van der Waals surface area contributed by atoms with Gasteiger partial charge in [0.1, 0.15) is 14.6 Å². The Labute approximate surface area is 139 Å². The Morgan fingerprint density at radius 1 is 0.739 bits per heavy atom. The topological polar surface area (TPSA) is 0 Å².